The van der Waals surface area contributed by atoms with E-state index in [1.54, 1.807) is 12.1 Å². The number of allylic oxidation sites excluding steroid dienone is 1. The second-order valence-corrected chi connectivity index (χ2v) is 20.4. The molecule has 3 N–H and O–H groups in total. The fourth-order valence-electron chi connectivity index (χ4n) is 14.1. The molecule has 0 amide bonds. The molecule has 0 spiro atoms. The lowest BCUT2D eigenvalue weighted by molar-refractivity contribution is -0.250. The molecule has 5 aliphatic rings. The van der Waals surface area contributed by atoms with Crippen LogP contribution in [0.1, 0.15) is 144 Å². The molecule has 0 aromatic heterocycles. The number of ether oxygens (including phenoxy) is 1. The number of carbonyl (C=O) groups is 2. The largest absolute Gasteiger partial charge is 0.508 e. The van der Waals surface area contributed by atoms with E-state index in [2.05, 4.69) is 53.4 Å². The quantitative estimate of drug-likeness (QED) is 0.121. The van der Waals surface area contributed by atoms with Crippen LogP contribution in [-0.4, -0.2) is 34.8 Å². The maximum absolute atomic E-state index is 13.2. The summed E-state index contributed by atoms with van der Waals surface area (Å²) in [6.45, 7) is 25.2. The predicted molar refractivity (Wildman–Crippen MR) is 204 cm³/mol. The highest BCUT2D eigenvalue weighted by Gasteiger charge is 2.71. The highest BCUT2D eigenvalue weighted by Crippen LogP contribution is 2.78. The number of carbonyl (C=O) groups excluding carboxylic acids is 1. The van der Waals surface area contributed by atoms with Gasteiger partial charge in [-0.25, -0.2) is 0 Å². The molecule has 51 heavy (non-hydrogen) atoms. The molecule has 0 aliphatic heterocycles. The minimum Gasteiger partial charge on any atom is -0.508 e. The zero-order chi connectivity index (χ0) is 37.2. The molecular weight excluding hydrogens is 634 g/mol. The number of nitrogens with one attached hydrogen (secondary N) is 1. The summed E-state index contributed by atoms with van der Waals surface area (Å²) in [6.07, 6.45) is 13.4. The lowest BCUT2D eigenvalue weighted by Crippen LogP contribution is -2.66. The zero-order valence-corrected chi connectivity index (χ0v) is 33.2. The Bertz CT molecular complexity index is 1480. The summed E-state index contributed by atoms with van der Waals surface area (Å²) in [5.74, 6) is 2.36. The Balaban J connectivity index is 1.19. The number of hydrogen-bond acceptors (Lipinski definition) is 5. The van der Waals surface area contributed by atoms with E-state index in [0.29, 0.717) is 46.2 Å². The minimum absolute atomic E-state index is 0.0378. The molecule has 0 bridgehead atoms. The summed E-state index contributed by atoms with van der Waals surface area (Å²) < 4.78 is 6.29. The van der Waals surface area contributed by atoms with Gasteiger partial charge in [0.25, 0.3) is 0 Å². The first kappa shape index (κ1) is 38.4. The number of fused-ring (bicyclic) bond motifs is 7. The van der Waals surface area contributed by atoms with E-state index < -0.39 is 11.4 Å². The normalized spacial score (nSPS) is 39.9. The first-order chi connectivity index (χ1) is 23.8. The van der Waals surface area contributed by atoms with Gasteiger partial charge in [0.1, 0.15) is 11.9 Å². The van der Waals surface area contributed by atoms with E-state index in [4.69, 9.17) is 4.74 Å². The van der Waals surface area contributed by atoms with E-state index in [1.807, 2.05) is 26.0 Å². The third-order valence-corrected chi connectivity index (χ3v) is 16.8. The number of aliphatic carboxylic acids is 1. The van der Waals surface area contributed by atoms with Crippen LogP contribution in [0.5, 0.6) is 5.75 Å². The van der Waals surface area contributed by atoms with Crippen molar-refractivity contribution in [3.8, 4) is 5.75 Å². The number of carboxylic acids is 1. The molecule has 1 aromatic carbocycles. The van der Waals surface area contributed by atoms with Crippen LogP contribution >= 0.6 is 0 Å². The minimum atomic E-state index is -0.874. The monoisotopic (exact) mass is 704 g/mol. The van der Waals surface area contributed by atoms with Gasteiger partial charge >= 0.3 is 11.9 Å². The van der Waals surface area contributed by atoms with E-state index in [9.17, 15) is 19.8 Å². The number of phenolic OH excluding ortho intramolecular Hbond substituents is 1. The summed E-state index contributed by atoms with van der Waals surface area (Å²) >= 11 is 0. The van der Waals surface area contributed by atoms with Crippen LogP contribution in [0, 0.1) is 62.1 Å². The van der Waals surface area contributed by atoms with Gasteiger partial charge in [-0.2, -0.15) is 0 Å². The van der Waals surface area contributed by atoms with Crippen molar-refractivity contribution >= 4 is 11.9 Å². The number of benzene rings is 1. The van der Waals surface area contributed by atoms with Crippen molar-refractivity contribution in [2.24, 2.45) is 62.1 Å². The Kier molecular flexibility index (Phi) is 10.2. The summed E-state index contributed by atoms with van der Waals surface area (Å²) in [7, 11) is 0. The molecule has 1 aromatic rings. The molecule has 6 nitrogen and oxygen atoms in total. The Labute approximate surface area is 309 Å². The van der Waals surface area contributed by atoms with Crippen molar-refractivity contribution in [3.05, 3.63) is 42.0 Å². The topological polar surface area (TPSA) is 95.9 Å². The van der Waals surface area contributed by atoms with Crippen LogP contribution in [0.3, 0.4) is 0 Å². The lowest BCUT2D eigenvalue weighted by Gasteiger charge is -2.73. The second-order valence-electron chi connectivity index (χ2n) is 20.4. The first-order valence-corrected chi connectivity index (χ1v) is 20.3. The Morgan fingerprint density at radius 1 is 0.882 bits per heavy atom. The van der Waals surface area contributed by atoms with Gasteiger partial charge in [-0.05, 0) is 158 Å². The van der Waals surface area contributed by atoms with E-state index >= 15 is 0 Å². The van der Waals surface area contributed by atoms with Gasteiger partial charge in [-0.3, -0.25) is 9.59 Å². The van der Waals surface area contributed by atoms with E-state index in [1.165, 1.54) is 68.9 Å². The van der Waals surface area contributed by atoms with Gasteiger partial charge in [0.05, 0.1) is 12.8 Å². The lowest BCUT2D eigenvalue weighted by atomic mass is 9.32. The smallest absolute Gasteiger partial charge is 0.306 e. The van der Waals surface area contributed by atoms with Crippen molar-refractivity contribution < 1.29 is 24.5 Å². The molecule has 0 heterocycles. The molecular formula is C45H69NO5. The number of esters is 1. The van der Waals surface area contributed by atoms with Crippen LogP contribution < -0.4 is 5.32 Å². The van der Waals surface area contributed by atoms with Crippen LogP contribution in [0.15, 0.2) is 36.4 Å². The SMILES string of the molecule is C=C(C)[C@@H]1CC[C@]2(CCNCc3ccc(O)cc3)CC[C@]3(C)[C@H](CC[C@@H]4[C@@]5(C)CC[C@H](OC(=O)CC(C)(C)CC(=O)O)C(C)(C)[C@@H]5CC[C@]43C)[C@@H]12. The number of hydrogen-bond donors (Lipinski definition) is 3. The molecule has 0 unspecified atom stereocenters. The van der Waals surface area contributed by atoms with Gasteiger partial charge in [-0.1, -0.05) is 72.8 Å². The van der Waals surface area contributed by atoms with Crippen LogP contribution in [-0.2, 0) is 20.9 Å². The molecule has 10 atom stereocenters. The fraction of sp³-hybridized carbons (Fsp3) is 0.778. The third-order valence-electron chi connectivity index (χ3n) is 16.8. The Morgan fingerprint density at radius 2 is 1.59 bits per heavy atom. The number of phenols is 1. The molecule has 5 fully saturated rings. The molecule has 6 rings (SSSR count). The molecule has 5 aliphatic carbocycles. The molecule has 5 saturated carbocycles. The molecule has 6 heteroatoms. The van der Waals surface area contributed by atoms with Crippen molar-refractivity contribution in [2.75, 3.05) is 6.54 Å². The third kappa shape index (κ3) is 6.60. The molecule has 284 valence electrons. The Morgan fingerprint density at radius 3 is 2.25 bits per heavy atom. The van der Waals surface area contributed by atoms with Crippen molar-refractivity contribution in [3.63, 3.8) is 0 Å². The van der Waals surface area contributed by atoms with E-state index in [-0.39, 0.29) is 41.2 Å². The summed E-state index contributed by atoms with van der Waals surface area (Å²) in [6, 6.07) is 7.59. The average molecular weight is 704 g/mol. The van der Waals surface area contributed by atoms with Crippen molar-refractivity contribution in [2.45, 2.75) is 152 Å². The van der Waals surface area contributed by atoms with Crippen molar-refractivity contribution in [1.29, 1.82) is 0 Å². The van der Waals surface area contributed by atoms with Crippen LogP contribution in [0.4, 0.5) is 0 Å². The summed E-state index contributed by atoms with van der Waals surface area (Å²) in [5, 5.41) is 22.8. The number of aromatic hydroxyl groups is 1. The molecule has 0 saturated heterocycles. The van der Waals surface area contributed by atoms with Gasteiger partial charge in [0, 0.05) is 12.0 Å². The standard InChI is InChI=1S/C45H69NO5/c1-29(2)32-16-21-45(24-25-46-28-30-10-12-31(47)13-11-30)23-22-43(8)33(39(32)45)14-15-35-42(7)19-18-36(41(5,6)34(42)17-20-44(35,43)9)51-38(50)27-40(3,4)26-37(48)49/h10-13,32-36,39,46-47H,1,14-28H2,2-9H3,(H,48,49)/t32-,33+,34-,35+,36-,39+,42-,43+,44+,45+/m0/s1. The Hall–Kier alpha value is -2.34. The van der Waals surface area contributed by atoms with Crippen LogP contribution in [0.2, 0.25) is 0 Å². The summed E-state index contributed by atoms with van der Waals surface area (Å²) in [5.41, 5.74) is 2.99. The fourth-order valence-corrected chi connectivity index (χ4v) is 14.1. The van der Waals surface area contributed by atoms with Crippen LogP contribution in [0.25, 0.3) is 0 Å². The maximum atomic E-state index is 13.2. The summed E-state index contributed by atoms with van der Waals surface area (Å²) in [4.78, 5) is 24.6. The first-order valence-electron chi connectivity index (χ1n) is 20.3. The van der Waals surface area contributed by atoms with Gasteiger partial charge in [0.15, 0.2) is 0 Å². The average Bonchev–Trinajstić information content (AvgIpc) is 3.41. The molecule has 0 radical (unpaired) electrons. The van der Waals surface area contributed by atoms with E-state index in [0.717, 1.165) is 25.9 Å². The van der Waals surface area contributed by atoms with Gasteiger partial charge in [0.2, 0.25) is 0 Å². The van der Waals surface area contributed by atoms with Gasteiger partial charge < -0.3 is 20.3 Å². The second kappa shape index (κ2) is 13.5. The van der Waals surface area contributed by atoms with Gasteiger partial charge in [-0.15, -0.1) is 0 Å². The predicted octanol–water partition coefficient (Wildman–Crippen LogP) is 10.3. The highest BCUT2D eigenvalue weighted by atomic mass is 16.5. The highest BCUT2D eigenvalue weighted by molar-refractivity contribution is 5.73. The number of rotatable bonds is 11. The zero-order valence-electron chi connectivity index (χ0n) is 33.2. The van der Waals surface area contributed by atoms with Crippen molar-refractivity contribution in [1.82, 2.24) is 5.32 Å². The maximum Gasteiger partial charge on any atom is 0.306 e. The number of carboxylic acid groups (broad SMARTS) is 1.